The Morgan fingerprint density at radius 1 is 1.22 bits per heavy atom. The molecule has 1 aromatic carbocycles. The van der Waals surface area contributed by atoms with Crippen LogP contribution in [0.3, 0.4) is 0 Å². The fourth-order valence-corrected chi connectivity index (χ4v) is 4.95. The van der Waals surface area contributed by atoms with Gasteiger partial charge in [0.2, 0.25) is 20.1 Å². The fourth-order valence-electron chi connectivity index (χ4n) is 1.98. The average molecular weight is 444 g/mol. The number of hydrogen-bond donors (Lipinski definition) is 1. The predicted molar refractivity (Wildman–Crippen MR) is 104 cm³/mol. The van der Waals surface area contributed by atoms with Crippen LogP contribution in [0.25, 0.3) is 0 Å². The lowest BCUT2D eigenvalue weighted by Crippen LogP contribution is -2.10. The molecule has 0 atom stereocenters. The van der Waals surface area contributed by atoms with Crippen molar-refractivity contribution in [3.8, 4) is 0 Å². The first kappa shape index (κ1) is 19.9. The van der Waals surface area contributed by atoms with E-state index in [0.717, 1.165) is 16.5 Å². The molecule has 3 aromatic rings. The van der Waals surface area contributed by atoms with E-state index in [1.165, 1.54) is 47.7 Å². The first-order valence-corrected chi connectivity index (χ1v) is 11.4. The maximum absolute atomic E-state index is 12.6. The van der Waals surface area contributed by atoms with Gasteiger partial charge in [-0.15, -0.1) is 10.2 Å². The van der Waals surface area contributed by atoms with E-state index < -0.39 is 15.7 Å². The maximum atomic E-state index is 12.6. The third-order valence-corrected chi connectivity index (χ3v) is 7.32. The third-order valence-electron chi connectivity index (χ3n) is 3.25. The number of hydrogen-bond acceptors (Lipinski definition) is 8. The van der Waals surface area contributed by atoms with Crippen LogP contribution in [0.5, 0.6) is 0 Å². The summed E-state index contributed by atoms with van der Waals surface area (Å²) < 4.78 is 31.1. The Morgan fingerprint density at radius 2 is 1.96 bits per heavy atom. The topological polar surface area (TPSA) is 102 Å². The van der Waals surface area contributed by atoms with Crippen LogP contribution < -0.4 is 5.32 Å². The van der Waals surface area contributed by atoms with Crippen LogP contribution in [-0.4, -0.2) is 30.3 Å². The third kappa shape index (κ3) is 4.70. The highest BCUT2D eigenvalue weighted by molar-refractivity contribution is 8.01. The van der Waals surface area contributed by atoms with Gasteiger partial charge in [0.15, 0.2) is 10.1 Å². The van der Waals surface area contributed by atoms with Crippen molar-refractivity contribution >= 4 is 55.6 Å². The summed E-state index contributed by atoms with van der Waals surface area (Å²) in [4.78, 5) is 12.3. The molecule has 11 heteroatoms. The van der Waals surface area contributed by atoms with Gasteiger partial charge < -0.3 is 4.42 Å². The maximum Gasteiger partial charge on any atom is 0.293 e. The molecule has 1 amide bonds. The summed E-state index contributed by atoms with van der Waals surface area (Å²) in [6.07, 6.45) is 1.00. The first-order chi connectivity index (χ1) is 12.9. The molecular formula is C16H14ClN3O4S3. The molecule has 0 bridgehead atoms. The number of anilines is 1. The van der Waals surface area contributed by atoms with Gasteiger partial charge in [-0.1, -0.05) is 41.6 Å². The van der Waals surface area contributed by atoms with E-state index in [2.05, 4.69) is 22.4 Å². The SMILES string of the molecule is CCCSc1nnc(NC(=O)c2ccc(S(=O)(=O)c3ccc(Cl)cc3)o2)s1. The lowest BCUT2D eigenvalue weighted by atomic mass is 10.4. The van der Waals surface area contributed by atoms with Crippen LogP contribution in [0.4, 0.5) is 5.13 Å². The standard InChI is InChI=1S/C16H14ClN3O4S3/c1-2-9-25-16-20-19-15(26-16)18-14(21)12-7-8-13(24-12)27(22,23)11-5-3-10(17)4-6-11/h3-8H,2,9H2,1H3,(H,18,19,21). The zero-order valence-electron chi connectivity index (χ0n) is 14.0. The monoisotopic (exact) mass is 443 g/mol. The Hall–Kier alpha value is -1.88. The van der Waals surface area contributed by atoms with E-state index in [-0.39, 0.29) is 15.7 Å². The number of furan rings is 1. The number of sulfone groups is 1. The van der Waals surface area contributed by atoms with Gasteiger partial charge in [0, 0.05) is 10.8 Å². The van der Waals surface area contributed by atoms with Crippen LogP contribution in [0.1, 0.15) is 23.9 Å². The van der Waals surface area contributed by atoms with Gasteiger partial charge in [0.05, 0.1) is 4.90 Å². The van der Waals surface area contributed by atoms with Crippen molar-refractivity contribution in [3.63, 3.8) is 0 Å². The Kier molecular flexibility index (Phi) is 6.20. The van der Waals surface area contributed by atoms with Crippen LogP contribution in [0, 0.1) is 0 Å². The van der Waals surface area contributed by atoms with Crippen LogP contribution >= 0.6 is 34.7 Å². The predicted octanol–water partition coefficient (Wildman–Crippen LogP) is 4.37. The number of benzene rings is 1. The molecule has 0 saturated heterocycles. The second-order valence-electron chi connectivity index (χ2n) is 5.25. The normalized spacial score (nSPS) is 11.5. The van der Waals surface area contributed by atoms with Gasteiger partial charge in [-0.2, -0.15) is 0 Å². The molecule has 7 nitrogen and oxygen atoms in total. The lowest BCUT2D eigenvalue weighted by molar-refractivity contribution is 0.0991. The van der Waals surface area contributed by atoms with E-state index in [4.69, 9.17) is 16.0 Å². The van der Waals surface area contributed by atoms with E-state index in [1.807, 2.05) is 0 Å². The second-order valence-corrected chi connectivity index (χ2v) is 9.89. The van der Waals surface area contributed by atoms with Gasteiger partial charge in [0.1, 0.15) is 0 Å². The van der Waals surface area contributed by atoms with Crippen LogP contribution in [0.15, 0.2) is 55.1 Å². The van der Waals surface area contributed by atoms with Crippen molar-refractivity contribution in [1.82, 2.24) is 10.2 Å². The summed E-state index contributed by atoms with van der Waals surface area (Å²) in [5.41, 5.74) is 0. The Morgan fingerprint density at radius 3 is 2.67 bits per heavy atom. The van der Waals surface area contributed by atoms with Gasteiger partial charge in [-0.05, 0) is 42.8 Å². The highest BCUT2D eigenvalue weighted by Crippen LogP contribution is 2.27. The average Bonchev–Trinajstić information content (AvgIpc) is 3.30. The highest BCUT2D eigenvalue weighted by Gasteiger charge is 2.24. The molecule has 2 heterocycles. The largest absolute Gasteiger partial charge is 0.439 e. The van der Waals surface area contributed by atoms with Crippen molar-refractivity contribution in [1.29, 1.82) is 0 Å². The number of rotatable bonds is 7. The highest BCUT2D eigenvalue weighted by atomic mass is 35.5. The van der Waals surface area contributed by atoms with Gasteiger partial charge in [-0.3, -0.25) is 10.1 Å². The molecule has 0 fully saturated rings. The second kappa shape index (κ2) is 8.42. The van der Waals surface area contributed by atoms with E-state index >= 15 is 0 Å². The molecule has 0 aliphatic heterocycles. The van der Waals surface area contributed by atoms with Gasteiger partial charge in [-0.25, -0.2) is 8.42 Å². The Balaban J connectivity index is 1.74. The lowest BCUT2D eigenvalue weighted by Gasteiger charge is -2.01. The van der Waals surface area contributed by atoms with E-state index in [1.54, 1.807) is 11.8 Å². The van der Waals surface area contributed by atoms with E-state index in [9.17, 15) is 13.2 Å². The van der Waals surface area contributed by atoms with Crippen molar-refractivity contribution in [2.24, 2.45) is 0 Å². The summed E-state index contributed by atoms with van der Waals surface area (Å²) >= 11 is 8.57. The summed E-state index contributed by atoms with van der Waals surface area (Å²) in [6, 6.07) is 8.21. The van der Waals surface area contributed by atoms with Crippen molar-refractivity contribution in [2.75, 3.05) is 11.1 Å². The molecular weight excluding hydrogens is 430 g/mol. The summed E-state index contributed by atoms with van der Waals surface area (Å²) in [5.74, 6) is 0.170. The van der Waals surface area contributed by atoms with Gasteiger partial charge in [0.25, 0.3) is 5.91 Å². The quantitative estimate of drug-likeness (QED) is 0.427. The molecule has 27 heavy (non-hydrogen) atoms. The molecule has 3 rings (SSSR count). The molecule has 2 aromatic heterocycles. The summed E-state index contributed by atoms with van der Waals surface area (Å²) in [6.45, 7) is 2.06. The minimum atomic E-state index is -3.88. The van der Waals surface area contributed by atoms with E-state index in [0.29, 0.717) is 10.2 Å². The summed E-state index contributed by atoms with van der Waals surface area (Å²) in [7, 11) is -3.88. The molecule has 1 N–H and O–H groups in total. The Bertz CT molecular complexity index is 1050. The molecule has 0 unspecified atom stereocenters. The molecule has 142 valence electrons. The number of aromatic nitrogens is 2. The van der Waals surface area contributed by atoms with Crippen molar-refractivity contribution < 1.29 is 17.6 Å². The van der Waals surface area contributed by atoms with Crippen molar-refractivity contribution in [3.05, 3.63) is 47.2 Å². The molecule has 0 radical (unpaired) electrons. The fraction of sp³-hybridized carbons (Fsp3) is 0.188. The number of amides is 1. The van der Waals surface area contributed by atoms with Crippen molar-refractivity contribution in [2.45, 2.75) is 27.7 Å². The van der Waals surface area contributed by atoms with Crippen LogP contribution in [0.2, 0.25) is 5.02 Å². The molecule has 0 aliphatic carbocycles. The first-order valence-electron chi connectivity index (χ1n) is 7.78. The number of thioether (sulfide) groups is 1. The number of carbonyl (C=O) groups is 1. The zero-order valence-corrected chi connectivity index (χ0v) is 17.2. The molecule has 0 saturated carbocycles. The van der Waals surface area contributed by atoms with Crippen LogP contribution in [-0.2, 0) is 9.84 Å². The minimum absolute atomic E-state index is 0.0231. The number of carbonyl (C=O) groups excluding carboxylic acids is 1. The zero-order chi connectivity index (χ0) is 19.4. The number of nitrogens with one attached hydrogen (secondary N) is 1. The number of nitrogens with zero attached hydrogens (tertiary/aromatic N) is 2. The number of halogens is 1. The van der Waals surface area contributed by atoms with Gasteiger partial charge >= 0.3 is 0 Å². The Labute approximate surface area is 169 Å². The molecule has 0 spiro atoms. The minimum Gasteiger partial charge on any atom is -0.439 e. The molecule has 0 aliphatic rings. The smallest absolute Gasteiger partial charge is 0.293 e. The summed E-state index contributed by atoms with van der Waals surface area (Å²) in [5, 5.41) is 10.8.